The summed E-state index contributed by atoms with van der Waals surface area (Å²) >= 11 is 0. The Morgan fingerprint density at radius 3 is 1.55 bits per heavy atom. The Balaban J connectivity index is 1.68. The summed E-state index contributed by atoms with van der Waals surface area (Å²) in [5, 5.41) is 0. The summed E-state index contributed by atoms with van der Waals surface area (Å²) in [6, 6.07) is 0. The molecule has 0 N–H and O–H groups in total. The van der Waals surface area contributed by atoms with Crippen molar-refractivity contribution < 1.29 is 0 Å². The highest BCUT2D eigenvalue weighted by molar-refractivity contribution is 4.85. The average molecular weight is 306 g/mol. The molecule has 0 aliphatic heterocycles. The third-order valence-electron chi connectivity index (χ3n) is 4.52. The summed E-state index contributed by atoms with van der Waals surface area (Å²) in [6.07, 6.45) is 25.9. The average Bonchev–Trinajstić information content (AvgIpc) is 3.04. The smallest absolute Gasteiger partial charge is 0.0358 e. The Morgan fingerprint density at radius 2 is 1.14 bits per heavy atom. The number of imidazole rings is 1. The molecule has 0 saturated heterocycles. The Bertz CT molecular complexity index is 306. The molecule has 0 bridgehead atoms. The molecule has 22 heavy (non-hydrogen) atoms. The number of nitrogens with zero attached hydrogens (tertiary/aromatic N) is 2. The van der Waals surface area contributed by atoms with Crippen molar-refractivity contribution in [3.63, 3.8) is 0 Å². The van der Waals surface area contributed by atoms with Gasteiger partial charge < -0.3 is 9.97 Å². The SMILES string of the molecule is CCCCCCCCCCCCCCCCCc1ncc[n-]1. The summed E-state index contributed by atoms with van der Waals surface area (Å²) in [7, 11) is 0. The maximum absolute atomic E-state index is 4.21. The molecule has 128 valence electrons. The van der Waals surface area contributed by atoms with Crippen LogP contribution < -0.4 is 4.98 Å². The molecule has 2 nitrogen and oxygen atoms in total. The summed E-state index contributed by atoms with van der Waals surface area (Å²) in [4.78, 5) is 8.42. The lowest BCUT2D eigenvalue weighted by Gasteiger charge is -2.04. The van der Waals surface area contributed by atoms with Crippen molar-refractivity contribution in [2.75, 3.05) is 0 Å². The third kappa shape index (κ3) is 11.8. The van der Waals surface area contributed by atoms with Crippen LogP contribution in [-0.4, -0.2) is 4.98 Å². The molecule has 0 aromatic carbocycles. The lowest BCUT2D eigenvalue weighted by Crippen LogP contribution is -1.90. The minimum absolute atomic E-state index is 1.02. The van der Waals surface area contributed by atoms with Crippen LogP contribution in [-0.2, 0) is 6.42 Å². The van der Waals surface area contributed by atoms with Gasteiger partial charge in [0.2, 0.25) is 0 Å². The van der Waals surface area contributed by atoms with E-state index in [-0.39, 0.29) is 0 Å². The predicted molar refractivity (Wildman–Crippen MR) is 96.2 cm³/mol. The summed E-state index contributed by atoms with van der Waals surface area (Å²) in [5.74, 6) is 1.02. The molecule has 0 saturated carbocycles. The Kier molecular flexibility index (Phi) is 13.2. The molecule has 0 amide bonds. The van der Waals surface area contributed by atoms with Crippen molar-refractivity contribution in [3.8, 4) is 0 Å². The van der Waals surface area contributed by atoms with Gasteiger partial charge >= 0.3 is 0 Å². The first-order chi connectivity index (χ1) is 10.9. The highest BCUT2D eigenvalue weighted by Crippen LogP contribution is 2.13. The quantitative estimate of drug-likeness (QED) is 0.328. The lowest BCUT2D eigenvalue weighted by molar-refractivity contribution is 0.531. The number of aryl methyl sites for hydroxylation is 1. The van der Waals surface area contributed by atoms with Gasteiger partial charge in [0, 0.05) is 0 Å². The first kappa shape index (κ1) is 19.3. The van der Waals surface area contributed by atoms with E-state index in [1.165, 1.54) is 96.3 Å². The molecule has 0 atom stereocenters. The van der Waals surface area contributed by atoms with Gasteiger partial charge in [0.05, 0.1) is 0 Å². The summed E-state index contributed by atoms with van der Waals surface area (Å²) in [5.41, 5.74) is 0. The van der Waals surface area contributed by atoms with Crippen LogP contribution in [0, 0.1) is 0 Å². The van der Waals surface area contributed by atoms with Crippen molar-refractivity contribution in [1.82, 2.24) is 9.97 Å². The summed E-state index contributed by atoms with van der Waals surface area (Å²) < 4.78 is 0. The van der Waals surface area contributed by atoms with E-state index in [4.69, 9.17) is 0 Å². The predicted octanol–water partition coefficient (Wildman–Crippen LogP) is 6.45. The molecule has 0 spiro atoms. The molecule has 2 heteroatoms. The zero-order valence-electron chi connectivity index (χ0n) is 14.9. The molecule has 0 aliphatic carbocycles. The maximum Gasteiger partial charge on any atom is -0.0358 e. The van der Waals surface area contributed by atoms with E-state index < -0.39 is 0 Å². The minimum Gasteiger partial charge on any atom is -0.446 e. The highest BCUT2D eigenvalue weighted by atomic mass is 14.9. The van der Waals surface area contributed by atoms with E-state index in [1.807, 2.05) is 0 Å². The van der Waals surface area contributed by atoms with Crippen LogP contribution in [0.2, 0.25) is 0 Å². The fourth-order valence-corrected chi connectivity index (χ4v) is 3.06. The van der Waals surface area contributed by atoms with Crippen molar-refractivity contribution >= 4 is 0 Å². The summed E-state index contributed by atoms with van der Waals surface area (Å²) in [6.45, 7) is 2.29. The lowest BCUT2D eigenvalue weighted by atomic mass is 10.0. The second-order valence-electron chi connectivity index (χ2n) is 6.67. The molecule has 0 radical (unpaired) electrons. The van der Waals surface area contributed by atoms with Crippen molar-refractivity contribution in [1.29, 1.82) is 0 Å². The molecule has 1 rings (SSSR count). The first-order valence-electron chi connectivity index (χ1n) is 9.86. The van der Waals surface area contributed by atoms with E-state index in [2.05, 4.69) is 16.9 Å². The minimum atomic E-state index is 1.02. The molecular weight excluding hydrogens is 268 g/mol. The van der Waals surface area contributed by atoms with E-state index in [0.29, 0.717) is 0 Å². The molecule has 0 aliphatic rings. The van der Waals surface area contributed by atoms with Gasteiger partial charge in [-0.1, -0.05) is 115 Å². The zero-order chi connectivity index (χ0) is 15.7. The van der Waals surface area contributed by atoms with Crippen LogP contribution in [0.1, 0.15) is 109 Å². The van der Waals surface area contributed by atoms with Gasteiger partial charge in [-0.2, -0.15) is 0 Å². The fraction of sp³-hybridized carbons (Fsp3) is 0.850. The monoisotopic (exact) mass is 305 g/mol. The Hall–Kier alpha value is -0.790. The Morgan fingerprint density at radius 1 is 0.682 bits per heavy atom. The molecule has 0 unspecified atom stereocenters. The van der Waals surface area contributed by atoms with Gasteiger partial charge in [-0.05, 0) is 12.8 Å². The van der Waals surface area contributed by atoms with Gasteiger partial charge in [0.25, 0.3) is 0 Å². The first-order valence-corrected chi connectivity index (χ1v) is 9.86. The zero-order valence-corrected chi connectivity index (χ0v) is 14.9. The number of hydrogen-bond donors (Lipinski definition) is 0. The van der Waals surface area contributed by atoms with Crippen LogP contribution >= 0.6 is 0 Å². The van der Waals surface area contributed by atoms with E-state index in [9.17, 15) is 0 Å². The van der Waals surface area contributed by atoms with Crippen LogP contribution in [0.15, 0.2) is 12.4 Å². The van der Waals surface area contributed by atoms with Gasteiger partial charge in [-0.3, -0.25) is 0 Å². The number of hydrogen-bond acceptors (Lipinski definition) is 1. The molecular formula is C20H37N2-. The van der Waals surface area contributed by atoms with Gasteiger partial charge in [-0.15, -0.1) is 0 Å². The highest BCUT2D eigenvalue weighted by Gasteiger charge is 1.94. The maximum atomic E-state index is 4.21. The van der Waals surface area contributed by atoms with Crippen molar-refractivity contribution in [2.45, 2.75) is 110 Å². The van der Waals surface area contributed by atoms with Gasteiger partial charge in [0.1, 0.15) is 0 Å². The van der Waals surface area contributed by atoms with Gasteiger partial charge in [-0.25, -0.2) is 0 Å². The molecule has 1 aromatic heterocycles. The second-order valence-corrected chi connectivity index (χ2v) is 6.67. The standard InChI is InChI=1S/C20H37N2/c1-2-3-4-5-6-7-8-9-10-11-12-13-14-15-16-17-20-21-18-19-22-20/h18-19H,2-17H2,1H3/q-1. The number of aromatic nitrogens is 2. The van der Waals surface area contributed by atoms with Crippen molar-refractivity contribution in [3.05, 3.63) is 18.2 Å². The van der Waals surface area contributed by atoms with E-state index in [1.54, 1.807) is 12.4 Å². The van der Waals surface area contributed by atoms with Crippen LogP contribution in [0.5, 0.6) is 0 Å². The van der Waals surface area contributed by atoms with Crippen LogP contribution in [0.4, 0.5) is 0 Å². The second kappa shape index (κ2) is 15.1. The number of rotatable bonds is 16. The fourth-order valence-electron chi connectivity index (χ4n) is 3.06. The molecule has 0 fully saturated rings. The normalized spacial score (nSPS) is 11.1. The molecule has 1 heterocycles. The van der Waals surface area contributed by atoms with Gasteiger partial charge in [0.15, 0.2) is 0 Å². The Labute approximate surface area is 138 Å². The van der Waals surface area contributed by atoms with E-state index >= 15 is 0 Å². The third-order valence-corrected chi connectivity index (χ3v) is 4.52. The largest absolute Gasteiger partial charge is 0.446 e. The van der Waals surface area contributed by atoms with Crippen molar-refractivity contribution in [2.24, 2.45) is 0 Å². The van der Waals surface area contributed by atoms with Crippen LogP contribution in [0.3, 0.4) is 0 Å². The topological polar surface area (TPSA) is 27.0 Å². The van der Waals surface area contributed by atoms with Crippen LogP contribution in [0.25, 0.3) is 0 Å². The number of unbranched alkanes of at least 4 members (excludes halogenated alkanes) is 14. The molecule has 1 aromatic rings. The van der Waals surface area contributed by atoms with E-state index in [0.717, 1.165) is 12.2 Å².